The van der Waals surface area contributed by atoms with Crippen molar-refractivity contribution in [1.29, 1.82) is 0 Å². The topological polar surface area (TPSA) is 41.6 Å². The van der Waals surface area contributed by atoms with Gasteiger partial charge in [-0.05, 0) is 55.9 Å². The van der Waals surface area contributed by atoms with Crippen LogP contribution in [0, 0.1) is 0 Å². The Kier molecular flexibility index (Phi) is 7.21. The summed E-state index contributed by atoms with van der Waals surface area (Å²) >= 11 is 0. The number of hydrogen-bond acceptors (Lipinski definition) is 3. The summed E-state index contributed by atoms with van der Waals surface area (Å²) in [6.45, 7) is 8.71. The fourth-order valence-electron chi connectivity index (χ4n) is 4.21. The molecule has 0 amide bonds. The molecule has 1 aliphatic heterocycles. The number of halogens is 3. The standard InChI is InChI=1S/C25H30F3N3/c1-4-19-10-5-6-11-21(19)18(3)30-23(16-29)20-12-13-24(22(15-20)25(26,27)28)31-14-8-7-9-17(31)2/h5-6,10-13,15,17H,3-4,7-9,14,16,29H2,1-2H3/b30-23+. The van der Waals surface area contributed by atoms with Crippen molar-refractivity contribution in [3.8, 4) is 0 Å². The van der Waals surface area contributed by atoms with Crippen molar-refractivity contribution in [3.05, 3.63) is 71.3 Å². The predicted molar refractivity (Wildman–Crippen MR) is 123 cm³/mol. The van der Waals surface area contributed by atoms with E-state index in [0.29, 0.717) is 23.5 Å². The zero-order valence-electron chi connectivity index (χ0n) is 18.2. The van der Waals surface area contributed by atoms with Crippen LogP contribution >= 0.6 is 0 Å². The van der Waals surface area contributed by atoms with Gasteiger partial charge in [0.15, 0.2) is 0 Å². The molecule has 2 aromatic carbocycles. The fourth-order valence-corrected chi connectivity index (χ4v) is 4.21. The molecular formula is C25H30F3N3. The highest BCUT2D eigenvalue weighted by Crippen LogP contribution is 2.39. The van der Waals surface area contributed by atoms with Crippen LogP contribution in [0.15, 0.2) is 54.0 Å². The van der Waals surface area contributed by atoms with Crippen molar-refractivity contribution in [2.24, 2.45) is 10.7 Å². The molecule has 166 valence electrons. The monoisotopic (exact) mass is 429 g/mol. The zero-order chi connectivity index (χ0) is 22.6. The number of alkyl halides is 3. The second-order valence-corrected chi connectivity index (χ2v) is 7.99. The van der Waals surface area contributed by atoms with Gasteiger partial charge in [-0.1, -0.05) is 43.8 Å². The van der Waals surface area contributed by atoms with Crippen LogP contribution in [0.25, 0.3) is 5.70 Å². The average molecular weight is 430 g/mol. The number of nitrogens with two attached hydrogens (primary N) is 1. The number of nitrogens with zero attached hydrogens (tertiary/aromatic N) is 2. The minimum Gasteiger partial charge on any atom is -0.368 e. The number of benzene rings is 2. The van der Waals surface area contributed by atoms with Crippen LogP contribution in [0.5, 0.6) is 0 Å². The summed E-state index contributed by atoms with van der Waals surface area (Å²) in [6.07, 6.45) is -0.819. The molecule has 1 fully saturated rings. The molecule has 1 saturated heterocycles. The number of aryl methyl sites for hydroxylation is 1. The number of hydrogen-bond donors (Lipinski definition) is 1. The predicted octanol–water partition coefficient (Wildman–Crippen LogP) is 6.07. The Morgan fingerprint density at radius 1 is 1.19 bits per heavy atom. The first kappa shape index (κ1) is 23.1. The largest absolute Gasteiger partial charge is 0.418 e. The Labute approximate surface area is 182 Å². The first-order chi connectivity index (χ1) is 14.8. The van der Waals surface area contributed by atoms with Crippen LogP contribution in [-0.4, -0.2) is 24.8 Å². The van der Waals surface area contributed by atoms with Crippen molar-refractivity contribution in [2.45, 2.75) is 51.7 Å². The van der Waals surface area contributed by atoms with Crippen molar-refractivity contribution < 1.29 is 13.2 Å². The highest BCUT2D eigenvalue weighted by molar-refractivity contribution is 6.05. The van der Waals surface area contributed by atoms with E-state index in [-0.39, 0.29) is 18.3 Å². The maximum Gasteiger partial charge on any atom is 0.418 e. The smallest absolute Gasteiger partial charge is 0.368 e. The maximum atomic E-state index is 14.0. The van der Waals surface area contributed by atoms with Crippen LogP contribution in [0.3, 0.4) is 0 Å². The minimum atomic E-state index is -4.46. The lowest BCUT2D eigenvalue weighted by Gasteiger charge is -2.37. The number of rotatable bonds is 6. The van der Waals surface area contributed by atoms with E-state index in [4.69, 9.17) is 5.73 Å². The third kappa shape index (κ3) is 5.18. The van der Waals surface area contributed by atoms with Crippen LogP contribution in [0.2, 0.25) is 0 Å². The molecule has 31 heavy (non-hydrogen) atoms. The van der Waals surface area contributed by atoms with Gasteiger partial charge in [-0.15, -0.1) is 0 Å². The van der Waals surface area contributed by atoms with E-state index in [1.165, 1.54) is 6.07 Å². The molecule has 0 bridgehead atoms. The van der Waals surface area contributed by atoms with Gasteiger partial charge in [-0.2, -0.15) is 13.2 Å². The van der Waals surface area contributed by atoms with E-state index in [9.17, 15) is 13.2 Å². The Morgan fingerprint density at radius 3 is 2.58 bits per heavy atom. The van der Waals surface area contributed by atoms with Gasteiger partial charge in [-0.25, -0.2) is 0 Å². The van der Waals surface area contributed by atoms with E-state index in [1.807, 2.05) is 43.0 Å². The molecule has 3 nitrogen and oxygen atoms in total. The fraction of sp³-hybridized carbons (Fsp3) is 0.400. The molecule has 3 rings (SSSR count). The van der Waals surface area contributed by atoms with Crippen LogP contribution in [0.4, 0.5) is 18.9 Å². The number of aliphatic imine (C=N–C) groups is 1. The average Bonchev–Trinajstić information content (AvgIpc) is 2.76. The van der Waals surface area contributed by atoms with Gasteiger partial charge in [0, 0.05) is 30.4 Å². The maximum absolute atomic E-state index is 14.0. The molecule has 1 atom stereocenters. The number of anilines is 1. The van der Waals surface area contributed by atoms with Gasteiger partial charge in [0.05, 0.1) is 17.0 Å². The highest BCUT2D eigenvalue weighted by atomic mass is 19.4. The van der Waals surface area contributed by atoms with E-state index >= 15 is 0 Å². The normalized spacial score (nSPS) is 17.7. The number of piperidine rings is 1. The van der Waals surface area contributed by atoms with Crippen LogP contribution in [0.1, 0.15) is 55.4 Å². The summed E-state index contributed by atoms with van der Waals surface area (Å²) in [6, 6.07) is 12.3. The molecule has 2 aromatic rings. The van der Waals surface area contributed by atoms with E-state index in [0.717, 1.165) is 36.8 Å². The van der Waals surface area contributed by atoms with E-state index in [2.05, 4.69) is 11.6 Å². The molecule has 0 aromatic heterocycles. The summed E-state index contributed by atoms with van der Waals surface area (Å²) in [7, 11) is 0. The minimum absolute atomic E-state index is 0.0179. The molecule has 0 radical (unpaired) electrons. The lowest BCUT2D eigenvalue weighted by molar-refractivity contribution is -0.137. The second-order valence-electron chi connectivity index (χ2n) is 7.99. The van der Waals surface area contributed by atoms with Crippen molar-refractivity contribution in [2.75, 3.05) is 18.0 Å². The zero-order valence-corrected chi connectivity index (χ0v) is 18.2. The van der Waals surface area contributed by atoms with Crippen LogP contribution < -0.4 is 10.6 Å². The summed E-state index contributed by atoms with van der Waals surface area (Å²) in [5.74, 6) is 0. The Bertz CT molecular complexity index is 963. The highest BCUT2D eigenvalue weighted by Gasteiger charge is 2.36. The third-order valence-corrected chi connectivity index (χ3v) is 5.92. The third-order valence-electron chi connectivity index (χ3n) is 5.92. The van der Waals surface area contributed by atoms with E-state index < -0.39 is 11.7 Å². The van der Waals surface area contributed by atoms with Crippen LogP contribution in [-0.2, 0) is 12.6 Å². The Hall–Kier alpha value is -2.60. The first-order valence-electron chi connectivity index (χ1n) is 10.8. The summed E-state index contributed by atoms with van der Waals surface area (Å²) in [5.41, 5.74) is 8.72. The van der Waals surface area contributed by atoms with Gasteiger partial charge in [-0.3, -0.25) is 4.99 Å². The lowest BCUT2D eigenvalue weighted by atomic mass is 9.98. The Balaban J connectivity index is 2.02. The molecule has 1 unspecified atom stereocenters. The molecular weight excluding hydrogens is 399 g/mol. The molecule has 1 heterocycles. The first-order valence-corrected chi connectivity index (χ1v) is 10.8. The molecule has 0 aliphatic carbocycles. The SMILES string of the molecule is C=C(/N=C(\CN)c1ccc(N2CCCCC2C)c(C(F)(F)F)c1)c1ccccc1CC. The van der Waals surface area contributed by atoms with Gasteiger partial charge in [0.25, 0.3) is 0 Å². The molecule has 0 spiro atoms. The van der Waals surface area contributed by atoms with Crippen molar-refractivity contribution in [3.63, 3.8) is 0 Å². The second kappa shape index (κ2) is 9.69. The van der Waals surface area contributed by atoms with Crippen molar-refractivity contribution in [1.82, 2.24) is 0 Å². The lowest BCUT2D eigenvalue weighted by Crippen LogP contribution is -2.38. The van der Waals surface area contributed by atoms with Gasteiger partial charge in [0.1, 0.15) is 0 Å². The van der Waals surface area contributed by atoms with Crippen molar-refractivity contribution >= 4 is 17.1 Å². The van der Waals surface area contributed by atoms with Gasteiger partial charge < -0.3 is 10.6 Å². The van der Waals surface area contributed by atoms with Gasteiger partial charge in [0.2, 0.25) is 0 Å². The molecule has 1 aliphatic rings. The van der Waals surface area contributed by atoms with Gasteiger partial charge >= 0.3 is 6.18 Å². The summed E-state index contributed by atoms with van der Waals surface area (Å²) < 4.78 is 42.0. The molecule has 6 heteroatoms. The quantitative estimate of drug-likeness (QED) is 0.567. The van der Waals surface area contributed by atoms with E-state index in [1.54, 1.807) is 12.1 Å². The molecule has 2 N–H and O–H groups in total. The summed E-state index contributed by atoms with van der Waals surface area (Å²) in [4.78, 5) is 6.41. The summed E-state index contributed by atoms with van der Waals surface area (Å²) in [5, 5.41) is 0. The molecule has 0 saturated carbocycles. The Morgan fingerprint density at radius 2 is 1.94 bits per heavy atom.